The molecule has 7 heteroatoms. The lowest BCUT2D eigenvalue weighted by atomic mass is 10.3. The zero-order chi connectivity index (χ0) is 13.2. The smallest absolute Gasteiger partial charge is 0.191 e. The van der Waals surface area contributed by atoms with Crippen LogP contribution in [0.3, 0.4) is 0 Å². The van der Waals surface area contributed by atoms with Gasteiger partial charge < -0.3 is 19.9 Å². The van der Waals surface area contributed by atoms with Gasteiger partial charge in [-0.1, -0.05) is 12.1 Å². The summed E-state index contributed by atoms with van der Waals surface area (Å²) in [6.07, 6.45) is 0.874. The molecule has 0 aliphatic rings. The summed E-state index contributed by atoms with van der Waals surface area (Å²) in [6.45, 7) is 6.73. The minimum absolute atomic E-state index is 0. The maximum Gasteiger partial charge on any atom is 0.191 e. The number of aliphatic imine (C=N–C) groups is 1. The van der Waals surface area contributed by atoms with Gasteiger partial charge in [-0.05, 0) is 13.3 Å². The molecule has 0 fully saturated rings. The third-order valence-corrected chi connectivity index (χ3v) is 2.31. The van der Waals surface area contributed by atoms with E-state index >= 15 is 0 Å². The lowest BCUT2D eigenvalue weighted by Gasteiger charge is -2.09. The van der Waals surface area contributed by atoms with Crippen molar-refractivity contribution >= 4 is 29.9 Å². The summed E-state index contributed by atoms with van der Waals surface area (Å²) < 4.78 is 10.1. The van der Waals surface area contributed by atoms with E-state index in [-0.39, 0.29) is 24.0 Å². The molecule has 0 saturated carbocycles. The quantitative estimate of drug-likeness (QED) is 0.324. The summed E-state index contributed by atoms with van der Waals surface area (Å²) in [4.78, 5) is 4.41. The van der Waals surface area contributed by atoms with E-state index in [4.69, 9.17) is 9.26 Å². The lowest BCUT2D eigenvalue weighted by molar-refractivity contribution is 0.203. The average Bonchev–Trinajstić information content (AvgIpc) is 2.84. The molecule has 0 saturated heterocycles. The van der Waals surface area contributed by atoms with E-state index in [1.54, 1.807) is 7.11 Å². The molecule has 0 aliphatic heterocycles. The Morgan fingerprint density at radius 3 is 2.79 bits per heavy atom. The van der Waals surface area contributed by atoms with Gasteiger partial charge in [0.1, 0.15) is 6.54 Å². The molecule has 19 heavy (non-hydrogen) atoms. The number of halogens is 1. The van der Waals surface area contributed by atoms with E-state index in [1.807, 2.05) is 19.9 Å². The third kappa shape index (κ3) is 7.36. The number of aromatic nitrogens is 1. The molecule has 0 atom stereocenters. The van der Waals surface area contributed by atoms with Crippen molar-refractivity contribution in [3.8, 4) is 0 Å². The van der Waals surface area contributed by atoms with Gasteiger partial charge in [0, 0.05) is 26.3 Å². The Morgan fingerprint density at radius 1 is 1.42 bits per heavy atom. The van der Waals surface area contributed by atoms with Gasteiger partial charge in [0.2, 0.25) is 0 Å². The molecular weight excluding hydrogens is 359 g/mol. The van der Waals surface area contributed by atoms with Crippen LogP contribution in [0.25, 0.3) is 0 Å². The van der Waals surface area contributed by atoms with E-state index in [1.165, 1.54) is 0 Å². The highest BCUT2D eigenvalue weighted by Gasteiger charge is 2.02. The molecule has 2 N–H and O–H groups in total. The fourth-order valence-electron chi connectivity index (χ4n) is 1.37. The van der Waals surface area contributed by atoms with Crippen molar-refractivity contribution in [2.45, 2.75) is 26.8 Å². The first-order chi connectivity index (χ1) is 8.80. The van der Waals surface area contributed by atoms with Crippen LogP contribution >= 0.6 is 24.0 Å². The number of nitrogens with one attached hydrogen (secondary N) is 2. The van der Waals surface area contributed by atoms with Crippen molar-refractivity contribution in [3.05, 3.63) is 17.5 Å². The zero-order valence-corrected chi connectivity index (χ0v) is 14.1. The van der Waals surface area contributed by atoms with Gasteiger partial charge in [-0.15, -0.1) is 24.0 Å². The van der Waals surface area contributed by atoms with Gasteiger partial charge in [0.05, 0.1) is 12.3 Å². The molecule has 1 aromatic rings. The van der Waals surface area contributed by atoms with Crippen LogP contribution in [0.15, 0.2) is 15.6 Å². The molecule has 0 amide bonds. The molecule has 1 rings (SSSR count). The maximum atomic E-state index is 5.17. The molecule has 6 nitrogen and oxygen atoms in total. The van der Waals surface area contributed by atoms with E-state index in [0.29, 0.717) is 13.2 Å². The van der Waals surface area contributed by atoms with Crippen molar-refractivity contribution < 1.29 is 9.26 Å². The predicted octanol–water partition coefficient (Wildman–Crippen LogP) is 1.56. The fourth-order valence-corrected chi connectivity index (χ4v) is 1.37. The summed E-state index contributed by atoms with van der Waals surface area (Å²) in [5.74, 6) is 1.53. The SMILES string of the molecule is CCNC(=NCc1cc(CC)no1)NCCOC.I. The Morgan fingerprint density at radius 2 is 2.21 bits per heavy atom. The van der Waals surface area contributed by atoms with Gasteiger partial charge in [0.25, 0.3) is 0 Å². The first kappa shape index (κ1) is 18.2. The van der Waals surface area contributed by atoms with Crippen LogP contribution < -0.4 is 10.6 Å². The second kappa shape index (κ2) is 11.0. The van der Waals surface area contributed by atoms with Crippen LogP contribution in [-0.4, -0.2) is 37.9 Å². The lowest BCUT2D eigenvalue weighted by Crippen LogP contribution is -2.38. The number of aryl methyl sites for hydroxylation is 1. The second-order valence-electron chi connectivity index (χ2n) is 3.75. The van der Waals surface area contributed by atoms with Crippen LogP contribution in [0, 0.1) is 0 Å². The Hall–Kier alpha value is -0.830. The average molecular weight is 382 g/mol. The highest BCUT2D eigenvalue weighted by atomic mass is 127. The van der Waals surface area contributed by atoms with Crippen molar-refractivity contribution in [2.75, 3.05) is 26.8 Å². The molecule has 110 valence electrons. The fraction of sp³-hybridized carbons (Fsp3) is 0.667. The van der Waals surface area contributed by atoms with Gasteiger partial charge >= 0.3 is 0 Å². The van der Waals surface area contributed by atoms with E-state index in [2.05, 4.69) is 20.8 Å². The summed E-state index contributed by atoms with van der Waals surface area (Å²) in [5, 5.41) is 10.2. The van der Waals surface area contributed by atoms with Crippen LogP contribution in [0.4, 0.5) is 0 Å². The van der Waals surface area contributed by atoms with E-state index in [0.717, 1.165) is 36.9 Å². The number of ether oxygens (including phenoxy) is 1. The van der Waals surface area contributed by atoms with Crippen LogP contribution in [0.5, 0.6) is 0 Å². The number of guanidine groups is 1. The summed E-state index contributed by atoms with van der Waals surface area (Å²) in [6, 6.07) is 1.93. The molecule has 0 aliphatic carbocycles. The number of hydrogen-bond donors (Lipinski definition) is 2. The van der Waals surface area contributed by atoms with Crippen LogP contribution in [0.2, 0.25) is 0 Å². The summed E-state index contributed by atoms with van der Waals surface area (Å²) in [5.41, 5.74) is 0.956. The van der Waals surface area contributed by atoms with Crippen LogP contribution in [-0.2, 0) is 17.7 Å². The predicted molar refractivity (Wildman–Crippen MR) is 86.0 cm³/mol. The highest BCUT2D eigenvalue weighted by molar-refractivity contribution is 14.0. The highest BCUT2D eigenvalue weighted by Crippen LogP contribution is 2.05. The molecule has 0 radical (unpaired) electrons. The normalized spacial score (nSPS) is 11.0. The Labute approximate surface area is 131 Å². The maximum absolute atomic E-state index is 5.17. The molecule has 1 aromatic heterocycles. The second-order valence-corrected chi connectivity index (χ2v) is 3.75. The third-order valence-electron chi connectivity index (χ3n) is 2.31. The topological polar surface area (TPSA) is 71.7 Å². The molecule has 0 spiro atoms. The first-order valence-electron chi connectivity index (χ1n) is 6.25. The number of hydrogen-bond acceptors (Lipinski definition) is 4. The molecule has 1 heterocycles. The monoisotopic (exact) mass is 382 g/mol. The minimum atomic E-state index is 0. The largest absolute Gasteiger partial charge is 0.383 e. The van der Waals surface area contributed by atoms with Crippen molar-refractivity contribution in [2.24, 2.45) is 4.99 Å². The van der Waals surface area contributed by atoms with Crippen molar-refractivity contribution in [1.82, 2.24) is 15.8 Å². The molecule has 0 unspecified atom stereocenters. The van der Waals surface area contributed by atoms with Gasteiger partial charge in [-0.3, -0.25) is 0 Å². The van der Waals surface area contributed by atoms with Gasteiger partial charge in [-0.25, -0.2) is 4.99 Å². The Bertz CT molecular complexity index is 368. The number of nitrogens with zero attached hydrogens (tertiary/aromatic N) is 2. The number of methoxy groups -OCH3 is 1. The van der Waals surface area contributed by atoms with E-state index < -0.39 is 0 Å². The summed E-state index contributed by atoms with van der Waals surface area (Å²) in [7, 11) is 1.67. The zero-order valence-electron chi connectivity index (χ0n) is 11.7. The van der Waals surface area contributed by atoms with Gasteiger partial charge in [-0.2, -0.15) is 0 Å². The van der Waals surface area contributed by atoms with Crippen molar-refractivity contribution in [3.63, 3.8) is 0 Å². The summed E-state index contributed by atoms with van der Waals surface area (Å²) >= 11 is 0. The first-order valence-corrected chi connectivity index (χ1v) is 6.25. The molecule has 0 aromatic carbocycles. The minimum Gasteiger partial charge on any atom is -0.383 e. The number of rotatable bonds is 7. The van der Waals surface area contributed by atoms with Gasteiger partial charge in [0.15, 0.2) is 11.7 Å². The van der Waals surface area contributed by atoms with Crippen molar-refractivity contribution in [1.29, 1.82) is 0 Å². The van der Waals surface area contributed by atoms with Crippen LogP contribution in [0.1, 0.15) is 25.3 Å². The Kier molecular flexibility index (Phi) is 10.6. The molecule has 0 bridgehead atoms. The standard InChI is InChI=1S/C12H22N4O2.HI/c1-4-10-8-11(18-16-10)9-15-12(13-5-2)14-6-7-17-3;/h8H,4-7,9H2,1-3H3,(H2,13,14,15);1H. The van der Waals surface area contributed by atoms with E-state index in [9.17, 15) is 0 Å². The Balaban J connectivity index is 0.00000324. The molecular formula is C12H23IN4O2.